The molecule has 1 unspecified atom stereocenters. The van der Waals surface area contributed by atoms with Crippen molar-refractivity contribution >= 4 is 39.4 Å². The van der Waals surface area contributed by atoms with Gasteiger partial charge in [-0.25, -0.2) is 4.39 Å². The molecule has 0 saturated carbocycles. The highest BCUT2D eigenvalue weighted by Gasteiger charge is 2.38. The molecule has 0 aliphatic carbocycles. The van der Waals surface area contributed by atoms with Gasteiger partial charge in [-0.1, -0.05) is 11.6 Å². The van der Waals surface area contributed by atoms with Crippen LogP contribution in [0.5, 0.6) is 0 Å². The lowest BCUT2D eigenvalue weighted by molar-refractivity contribution is -0.140. The van der Waals surface area contributed by atoms with Crippen molar-refractivity contribution in [2.45, 2.75) is 18.6 Å². The van der Waals surface area contributed by atoms with Crippen LogP contribution in [-0.4, -0.2) is 74.6 Å². The number of hydrogen-bond donors (Lipinski definition) is 2. The molecule has 3 rings (SSSR count). The first kappa shape index (κ1) is 27.3. The Morgan fingerprint density at radius 3 is 2.43 bits per heavy atom. The van der Waals surface area contributed by atoms with E-state index in [0.29, 0.717) is 22.5 Å². The number of hydrogen-bond acceptors (Lipinski definition) is 5. The molecule has 0 bridgehead atoms. The van der Waals surface area contributed by atoms with E-state index in [1.807, 2.05) is 0 Å². The van der Waals surface area contributed by atoms with Crippen molar-refractivity contribution in [1.29, 1.82) is 5.41 Å². The third-order valence-electron chi connectivity index (χ3n) is 5.73. The molecule has 2 aromatic carbocycles. The molecule has 1 heterocycles. The SMILES string of the molecule is CN(C)S(=O)(=O)N1CCN(CCC(F)(F)F)C(c2cc(C=N)c(Nc3ccc(F)cc3)cc2Cl)C1. The Morgan fingerprint density at radius 2 is 1.86 bits per heavy atom. The van der Waals surface area contributed by atoms with Gasteiger partial charge in [0.2, 0.25) is 0 Å². The molecule has 13 heteroatoms. The van der Waals surface area contributed by atoms with E-state index in [9.17, 15) is 26.0 Å². The van der Waals surface area contributed by atoms with E-state index in [4.69, 9.17) is 17.0 Å². The maximum atomic E-state index is 13.2. The van der Waals surface area contributed by atoms with Crippen molar-refractivity contribution in [1.82, 2.24) is 13.5 Å². The highest BCUT2D eigenvalue weighted by molar-refractivity contribution is 7.86. The van der Waals surface area contributed by atoms with Gasteiger partial charge in [-0.05, 0) is 42.0 Å². The van der Waals surface area contributed by atoms with Gasteiger partial charge >= 0.3 is 6.18 Å². The second kappa shape index (κ2) is 10.8. The van der Waals surface area contributed by atoms with E-state index >= 15 is 0 Å². The summed E-state index contributed by atoms with van der Waals surface area (Å²) in [5.41, 5.74) is 1.79. The maximum absolute atomic E-state index is 13.2. The lowest BCUT2D eigenvalue weighted by Gasteiger charge is -2.42. The zero-order chi connectivity index (χ0) is 26.0. The fourth-order valence-corrected chi connectivity index (χ4v) is 5.24. The summed E-state index contributed by atoms with van der Waals surface area (Å²) in [6.07, 6.45) is -4.36. The minimum atomic E-state index is -4.37. The third-order valence-corrected chi connectivity index (χ3v) is 7.97. The van der Waals surface area contributed by atoms with Crippen LogP contribution in [0.1, 0.15) is 23.6 Å². The second-order valence-corrected chi connectivity index (χ2v) is 10.9. The van der Waals surface area contributed by atoms with Gasteiger partial charge in [-0.2, -0.15) is 30.2 Å². The zero-order valence-electron chi connectivity index (χ0n) is 19.1. The Hall–Kier alpha value is -2.25. The predicted octanol–water partition coefficient (Wildman–Crippen LogP) is 4.64. The van der Waals surface area contributed by atoms with E-state index in [-0.39, 0.29) is 31.2 Å². The molecule has 1 atom stereocenters. The van der Waals surface area contributed by atoms with Crippen LogP contribution >= 0.6 is 11.6 Å². The molecule has 0 spiro atoms. The summed E-state index contributed by atoms with van der Waals surface area (Å²) in [5.74, 6) is -0.412. The topological polar surface area (TPSA) is 79.7 Å². The summed E-state index contributed by atoms with van der Waals surface area (Å²) in [4.78, 5) is 1.57. The second-order valence-electron chi connectivity index (χ2n) is 8.30. The minimum absolute atomic E-state index is 0.0358. The van der Waals surface area contributed by atoms with Crippen molar-refractivity contribution in [3.63, 3.8) is 0 Å². The van der Waals surface area contributed by atoms with Crippen LogP contribution in [0.4, 0.5) is 28.9 Å². The van der Waals surface area contributed by atoms with Gasteiger partial charge in [-0.15, -0.1) is 0 Å². The molecule has 2 aromatic rings. The molecule has 192 valence electrons. The van der Waals surface area contributed by atoms with Gasteiger partial charge in [0.05, 0.1) is 12.5 Å². The van der Waals surface area contributed by atoms with Crippen LogP contribution in [0.15, 0.2) is 36.4 Å². The fourth-order valence-electron chi connectivity index (χ4n) is 3.85. The molecule has 7 nitrogen and oxygen atoms in total. The lowest BCUT2D eigenvalue weighted by atomic mass is 9.99. The van der Waals surface area contributed by atoms with E-state index in [0.717, 1.165) is 10.5 Å². The first-order valence-electron chi connectivity index (χ1n) is 10.7. The number of alkyl halides is 3. The average molecular weight is 536 g/mol. The van der Waals surface area contributed by atoms with Crippen LogP contribution in [0.25, 0.3) is 0 Å². The van der Waals surface area contributed by atoms with E-state index < -0.39 is 34.7 Å². The van der Waals surface area contributed by atoms with Crippen molar-refractivity contribution in [3.8, 4) is 0 Å². The molecule has 35 heavy (non-hydrogen) atoms. The molecule has 1 saturated heterocycles. The standard InChI is InChI=1S/C22H26ClF4N5O2S/c1-30(2)35(33,34)32-10-9-31(8-7-22(25,26)27)21(14-32)18-11-15(13-28)20(12-19(18)23)29-17-5-3-16(24)4-6-17/h3-6,11-13,21,28-29H,7-10,14H2,1-2H3. The van der Waals surface area contributed by atoms with E-state index in [1.165, 1.54) is 48.7 Å². The number of nitrogens with one attached hydrogen (secondary N) is 2. The number of piperazine rings is 1. The summed E-state index contributed by atoms with van der Waals surface area (Å²) >= 11 is 6.56. The third kappa shape index (κ3) is 6.70. The van der Waals surface area contributed by atoms with Gasteiger partial charge in [0.25, 0.3) is 10.2 Å². The van der Waals surface area contributed by atoms with Crippen LogP contribution in [0, 0.1) is 11.2 Å². The monoisotopic (exact) mass is 535 g/mol. The number of halogens is 5. The van der Waals surface area contributed by atoms with E-state index in [1.54, 1.807) is 11.0 Å². The highest BCUT2D eigenvalue weighted by atomic mass is 35.5. The lowest BCUT2D eigenvalue weighted by Crippen LogP contribution is -2.53. The van der Waals surface area contributed by atoms with Crippen LogP contribution in [-0.2, 0) is 10.2 Å². The Kier molecular flexibility index (Phi) is 8.43. The van der Waals surface area contributed by atoms with Gasteiger partial charge in [-0.3, -0.25) is 4.90 Å². The number of anilines is 2. The quantitative estimate of drug-likeness (QED) is 0.381. The molecule has 1 aliphatic rings. The minimum Gasteiger partial charge on any atom is -0.355 e. The summed E-state index contributed by atoms with van der Waals surface area (Å²) in [5, 5.41) is 11.1. The maximum Gasteiger partial charge on any atom is 0.390 e. The molecule has 1 aliphatic heterocycles. The molecule has 0 amide bonds. The summed E-state index contributed by atoms with van der Waals surface area (Å²) in [6, 6.07) is 7.89. The fraction of sp³-hybridized carbons (Fsp3) is 0.409. The first-order valence-corrected chi connectivity index (χ1v) is 12.4. The van der Waals surface area contributed by atoms with Crippen LogP contribution in [0.3, 0.4) is 0 Å². The number of benzene rings is 2. The summed E-state index contributed by atoms with van der Waals surface area (Å²) < 4.78 is 79.8. The number of nitrogens with zero attached hydrogens (tertiary/aromatic N) is 3. The molecule has 1 fully saturated rings. The van der Waals surface area contributed by atoms with Crippen LogP contribution < -0.4 is 5.32 Å². The van der Waals surface area contributed by atoms with Crippen molar-refractivity contribution < 1.29 is 26.0 Å². The highest BCUT2D eigenvalue weighted by Crippen LogP contribution is 2.36. The molecule has 0 radical (unpaired) electrons. The zero-order valence-corrected chi connectivity index (χ0v) is 20.7. The van der Waals surface area contributed by atoms with Gasteiger partial charge in [0.1, 0.15) is 5.82 Å². The van der Waals surface area contributed by atoms with Crippen molar-refractivity contribution in [3.05, 3.63) is 58.4 Å². The van der Waals surface area contributed by atoms with Crippen molar-refractivity contribution in [2.24, 2.45) is 0 Å². The Labute approximate surface area is 207 Å². The van der Waals surface area contributed by atoms with Gasteiger partial charge < -0.3 is 10.7 Å². The van der Waals surface area contributed by atoms with E-state index in [2.05, 4.69) is 5.32 Å². The van der Waals surface area contributed by atoms with Crippen LogP contribution in [0.2, 0.25) is 5.02 Å². The van der Waals surface area contributed by atoms with Crippen molar-refractivity contribution in [2.75, 3.05) is 45.6 Å². The Morgan fingerprint density at radius 1 is 1.20 bits per heavy atom. The Bertz CT molecular complexity index is 1160. The Balaban J connectivity index is 1.98. The average Bonchev–Trinajstić information content (AvgIpc) is 2.78. The normalized spacial score (nSPS) is 18.1. The largest absolute Gasteiger partial charge is 0.390 e. The predicted molar refractivity (Wildman–Crippen MR) is 128 cm³/mol. The molecular weight excluding hydrogens is 510 g/mol. The summed E-state index contributed by atoms with van der Waals surface area (Å²) in [7, 11) is -1.03. The molecular formula is C22H26ClF4N5O2S. The smallest absolute Gasteiger partial charge is 0.355 e. The summed E-state index contributed by atoms with van der Waals surface area (Å²) in [6.45, 7) is -0.302. The van der Waals surface area contributed by atoms with Gasteiger partial charge in [0, 0.05) is 68.4 Å². The first-order chi connectivity index (χ1) is 16.3. The van der Waals surface area contributed by atoms with Gasteiger partial charge in [0.15, 0.2) is 0 Å². The molecule has 2 N–H and O–H groups in total. The number of rotatable bonds is 8. The molecule has 0 aromatic heterocycles.